The Morgan fingerprint density at radius 1 is 1.32 bits per heavy atom. The maximum Gasteiger partial charge on any atom is 0.0898 e. The van der Waals surface area contributed by atoms with E-state index in [0.29, 0.717) is 24.7 Å². The van der Waals surface area contributed by atoms with Crippen molar-refractivity contribution in [1.82, 2.24) is 5.32 Å². The summed E-state index contributed by atoms with van der Waals surface area (Å²) in [5.74, 6) is 0.721. The van der Waals surface area contributed by atoms with Crippen molar-refractivity contribution in [3.05, 3.63) is 0 Å². The molecule has 2 N–H and O–H groups in total. The first-order chi connectivity index (χ1) is 8.57. The lowest BCUT2D eigenvalue weighted by Gasteiger charge is -2.39. The van der Waals surface area contributed by atoms with Crippen LogP contribution in [0.3, 0.4) is 0 Å². The summed E-state index contributed by atoms with van der Waals surface area (Å²) in [5.41, 5.74) is 0.416. The Morgan fingerprint density at radius 2 is 1.95 bits per heavy atom. The Bertz CT molecular complexity index is 270. The van der Waals surface area contributed by atoms with Gasteiger partial charge in [-0.25, -0.2) is 0 Å². The minimum absolute atomic E-state index is 0.0440. The topological polar surface area (TPSA) is 41.5 Å². The summed E-state index contributed by atoms with van der Waals surface area (Å²) in [6.45, 7) is 14.3. The summed E-state index contributed by atoms with van der Waals surface area (Å²) in [4.78, 5) is 0. The van der Waals surface area contributed by atoms with Gasteiger partial charge in [-0.3, -0.25) is 0 Å². The molecule has 0 heterocycles. The molecule has 0 unspecified atom stereocenters. The largest absolute Gasteiger partial charge is 0.389 e. The van der Waals surface area contributed by atoms with E-state index < -0.39 is 6.10 Å². The quantitative estimate of drug-likeness (QED) is 0.808. The fourth-order valence-corrected chi connectivity index (χ4v) is 3.12. The minimum atomic E-state index is -0.417. The van der Waals surface area contributed by atoms with Crippen LogP contribution in [0.25, 0.3) is 0 Å². The van der Waals surface area contributed by atoms with Gasteiger partial charge in [-0.2, -0.15) is 0 Å². The zero-order valence-electron chi connectivity index (χ0n) is 13.6. The van der Waals surface area contributed by atoms with Crippen LogP contribution in [0.4, 0.5) is 0 Å². The molecule has 1 aliphatic rings. The second-order valence-electron chi connectivity index (χ2n) is 8.15. The monoisotopic (exact) mass is 271 g/mol. The Balaban J connectivity index is 2.28. The average molecular weight is 271 g/mol. The van der Waals surface area contributed by atoms with Crippen LogP contribution in [0.15, 0.2) is 0 Å². The van der Waals surface area contributed by atoms with E-state index in [1.165, 1.54) is 6.42 Å². The van der Waals surface area contributed by atoms with E-state index in [0.717, 1.165) is 18.8 Å². The molecule has 0 bridgehead atoms. The van der Waals surface area contributed by atoms with Crippen LogP contribution >= 0.6 is 0 Å². The lowest BCUT2D eigenvalue weighted by Crippen LogP contribution is -2.43. The highest BCUT2D eigenvalue weighted by Gasteiger charge is 2.32. The van der Waals surface area contributed by atoms with Gasteiger partial charge >= 0.3 is 0 Å². The molecule has 1 aliphatic carbocycles. The first-order valence-electron chi connectivity index (χ1n) is 7.62. The van der Waals surface area contributed by atoms with Gasteiger partial charge in [0.2, 0.25) is 0 Å². The maximum absolute atomic E-state index is 9.95. The molecule has 3 nitrogen and oxygen atoms in total. The fraction of sp³-hybridized carbons (Fsp3) is 1.00. The van der Waals surface area contributed by atoms with E-state index in [4.69, 9.17) is 4.74 Å². The van der Waals surface area contributed by atoms with Gasteiger partial charge in [-0.05, 0) is 51.4 Å². The van der Waals surface area contributed by atoms with Crippen molar-refractivity contribution in [2.75, 3.05) is 13.2 Å². The van der Waals surface area contributed by atoms with Crippen molar-refractivity contribution >= 4 is 0 Å². The number of ether oxygens (including phenoxy) is 1. The van der Waals surface area contributed by atoms with Gasteiger partial charge in [0.1, 0.15) is 0 Å². The third kappa shape index (κ3) is 7.28. The number of nitrogens with one attached hydrogen (secondary N) is 1. The van der Waals surface area contributed by atoms with Crippen molar-refractivity contribution in [1.29, 1.82) is 0 Å². The molecule has 3 atom stereocenters. The van der Waals surface area contributed by atoms with Gasteiger partial charge in [0.25, 0.3) is 0 Å². The number of hydrogen-bond donors (Lipinski definition) is 2. The Kier molecular flexibility index (Phi) is 5.84. The molecule has 0 aromatic heterocycles. The lowest BCUT2D eigenvalue weighted by molar-refractivity contribution is -0.0558. The molecule has 0 aliphatic heterocycles. The Hall–Kier alpha value is -0.120. The van der Waals surface area contributed by atoms with Gasteiger partial charge < -0.3 is 15.2 Å². The molecule has 0 spiro atoms. The van der Waals surface area contributed by atoms with E-state index in [1.807, 2.05) is 0 Å². The second-order valence-corrected chi connectivity index (χ2v) is 8.15. The Labute approximate surface area is 119 Å². The number of β-amino-alcohol motifs (C(OH)–C–C–N with tert-alkyl or cyclic N) is 1. The van der Waals surface area contributed by atoms with E-state index in [2.05, 4.69) is 46.9 Å². The molecule has 0 aromatic carbocycles. The number of rotatable bonds is 5. The number of aliphatic hydroxyl groups excluding tert-OH is 1. The highest BCUT2D eigenvalue weighted by Crippen LogP contribution is 2.39. The Morgan fingerprint density at radius 3 is 2.47 bits per heavy atom. The molecule has 1 saturated carbocycles. The third-order valence-electron chi connectivity index (χ3n) is 3.74. The molecule has 114 valence electrons. The van der Waals surface area contributed by atoms with Crippen molar-refractivity contribution in [3.63, 3.8) is 0 Å². The molecule has 19 heavy (non-hydrogen) atoms. The van der Waals surface area contributed by atoms with E-state index in [1.54, 1.807) is 0 Å². The van der Waals surface area contributed by atoms with Crippen molar-refractivity contribution in [2.45, 2.75) is 78.6 Å². The summed E-state index contributed by atoms with van der Waals surface area (Å²) in [5, 5.41) is 13.3. The molecule has 1 rings (SSSR count). The second kappa shape index (κ2) is 6.55. The first-order valence-corrected chi connectivity index (χ1v) is 7.62. The maximum atomic E-state index is 9.95. The van der Waals surface area contributed by atoms with Crippen LogP contribution in [-0.2, 0) is 4.74 Å². The smallest absolute Gasteiger partial charge is 0.0898 e. The van der Waals surface area contributed by atoms with E-state index in [-0.39, 0.29) is 5.54 Å². The van der Waals surface area contributed by atoms with Gasteiger partial charge in [0.05, 0.1) is 18.8 Å². The summed E-state index contributed by atoms with van der Waals surface area (Å²) >= 11 is 0. The number of aliphatic hydroxyl groups is 1. The van der Waals surface area contributed by atoms with Crippen LogP contribution in [0, 0.1) is 11.3 Å². The third-order valence-corrected chi connectivity index (χ3v) is 3.74. The van der Waals surface area contributed by atoms with Crippen molar-refractivity contribution in [2.24, 2.45) is 11.3 Å². The number of hydrogen-bond acceptors (Lipinski definition) is 3. The van der Waals surface area contributed by atoms with Crippen molar-refractivity contribution < 1.29 is 9.84 Å². The summed E-state index contributed by atoms with van der Waals surface area (Å²) in [6.07, 6.45) is 3.41. The van der Waals surface area contributed by atoms with E-state index in [9.17, 15) is 5.11 Å². The molecular weight excluding hydrogens is 238 g/mol. The van der Waals surface area contributed by atoms with Gasteiger partial charge in [0, 0.05) is 12.1 Å². The standard InChI is InChI=1S/C16H33NO2/c1-12-7-14(9-16(5,6)8-12)19-11-13(18)10-17-15(2,3)4/h12-14,17-18H,7-11H2,1-6H3/t12-,13-,14+/m1/s1. The predicted octanol–water partition coefficient (Wildman–Crippen LogP) is 2.97. The predicted molar refractivity (Wildman–Crippen MR) is 80.3 cm³/mol. The van der Waals surface area contributed by atoms with Crippen LogP contribution in [0.1, 0.15) is 60.8 Å². The summed E-state index contributed by atoms with van der Waals surface area (Å²) in [7, 11) is 0. The lowest BCUT2D eigenvalue weighted by atomic mass is 9.71. The highest BCUT2D eigenvalue weighted by atomic mass is 16.5. The first kappa shape index (κ1) is 16.9. The highest BCUT2D eigenvalue weighted by molar-refractivity contribution is 4.83. The van der Waals surface area contributed by atoms with Crippen LogP contribution < -0.4 is 5.32 Å². The normalized spacial score (nSPS) is 29.2. The minimum Gasteiger partial charge on any atom is -0.389 e. The fourth-order valence-electron chi connectivity index (χ4n) is 3.12. The zero-order valence-corrected chi connectivity index (χ0v) is 13.6. The van der Waals surface area contributed by atoms with Gasteiger partial charge in [-0.1, -0.05) is 20.8 Å². The molecule has 0 amide bonds. The molecule has 0 saturated heterocycles. The molecule has 0 aromatic rings. The average Bonchev–Trinajstić information content (AvgIpc) is 2.19. The van der Waals surface area contributed by atoms with Crippen LogP contribution in [-0.4, -0.2) is 36.0 Å². The SMILES string of the molecule is C[C@@H]1C[C@H](OC[C@H](O)CNC(C)(C)C)CC(C)(C)C1. The molecular formula is C16H33NO2. The van der Waals surface area contributed by atoms with Gasteiger partial charge in [-0.15, -0.1) is 0 Å². The molecule has 1 fully saturated rings. The van der Waals surface area contributed by atoms with Gasteiger partial charge in [0.15, 0.2) is 0 Å². The van der Waals surface area contributed by atoms with Crippen molar-refractivity contribution in [3.8, 4) is 0 Å². The summed E-state index contributed by atoms with van der Waals surface area (Å²) < 4.78 is 5.93. The van der Waals surface area contributed by atoms with E-state index >= 15 is 0 Å². The molecule has 3 heteroatoms. The van der Waals surface area contributed by atoms with Crippen LogP contribution in [0.5, 0.6) is 0 Å². The molecule has 0 radical (unpaired) electrons. The van der Waals surface area contributed by atoms with Crippen LogP contribution in [0.2, 0.25) is 0 Å². The summed E-state index contributed by atoms with van der Waals surface area (Å²) in [6, 6.07) is 0. The zero-order chi connectivity index (χ0) is 14.7.